The number of oxazole rings is 1. The van der Waals surface area contributed by atoms with E-state index in [4.69, 9.17) is 10.2 Å². The van der Waals surface area contributed by atoms with Crippen molar-refractivity contribution in [2.45, 2.75) is 29.8 Å². The first-order chi connectivity index (χ1) is 14.4. The minimum absolute atomic E-state index is 0.128. The molecule has 0 saturated heterocycles. The van der Waals surface area contributed by atoms with E-state index in [9.17, 15) is 8.42 Å². The summed E-state index contributed by atoms with van der Waals surface area (Å²) >= 11 is 0. The number of nitrogens with zero attached hydrogens (tertiary/aromatic N) is 1. The molecule has 3 aromatic carbocycles. The van der Waals surface area contributed by atoms with Crippen LogP contribution in [-0.4, -0.2) is 13.4 Å². The molecule has 152 valence electrons. The van der Waals surface area contributed by atoms with Crippen molar-refractivity contribution in [3.05, 3.63) is 101 Å². The van der Waals surface area contributed by atoms with Gasteiger partial charge in [0.25, 0.3) is 0 Å². The van der Waals surface area contributed by atoms with Crippen molar-refractivity contribution in [1.29, 1.82) is 0 Å². The molecule has 0 saturated carbocycles. The lowest BCUT2D eigenvalue weighted by molar-refractivity contribution is 0.487. The summed E-state index contributed by atoms with van der Waals surface area (Å²) in [5.41, 5.74) is 9.93. The summed E-state index contributed by atoms with van der Waals surface area (Å²) in [4.78, 5) is 4.57. The van der Waals surface area contributed by atoms with E-state index < -0.39 is 15.9 Å². The maximum Gasteiger partial charge on any atom is 0.227 e. The van der Waals surface area contributed by atoms with Gasteiger partial charge in [0.1, 0.15) is 0 Å². The highest BCUT2D eigenvalue weighted by Gasteiger charge is 2.32. The molecular weight excluding hydrogens is 396 g/mol. The van der Waals surface area contributed by atoms with E-state index in [2.05, 4.69) is 4.98 Å². The molecule has 5 nitrogen and oxygen atoms in total. The van der Waals surface area contributed by atoms with Gasteiger partial charge in [0.15, 0.2) is 5.76 Å². The summed E-state index contributed by atoms with van der Waals surface area (Å²) in [6.45, 7) is 3.88. The van der Waals surface area contributed by atoms with Crippen LogP contribution in [-0.2, 0) is 9.84 Å². The molecule has 30 heavy (non-hydrogen) atoms. The van der Waals surface area contributed by atoms with Crippen molar-refractivity contribution in [2.24, 2.45) is 5.73 Å². The average Bonchev–Trinajstić information content (AvgIpc) is 3.20. The highest BCUT2D eigenvalue weighted by Crippen LogP contribution is 2.35. The zero-order valence-corrected chi connectivity index (χ0v) is 17.6. The molecule has 0 spiro atoms. The highest BCUT2D eigenvalue weighted by molar-refractivity contribution is 7.91. The summed E-state index contributed by atoms with van der Waals surface area (Å²) in [5.74, 6) is 0.364. The first-order valence-electron chi connectivity index (χ1n) is 9.57. The number of benzene rings is 3. The summed E-state index contributed by atoms with van der Waals surface area (Å²) in [6, 6.07) is 22.6. The van der Waals surface area contributed by atoms with E-state index >= 15 is 0 Å². The van der Waals surface area contributed by atoms with Crippen LogP contribution < -0.4 is 5.73 Å². The fourth-order valence-electron chi connectivity index (χ4n) is 3.36. The van der Waals surface area contributed by atoms with Crippen LogP contribution in [0.25, 0.3) is 11.5 Å². The second kappa shape index (κ2) is 7.89. The van der Waals surface area contributed by atoms with Gasteiger partial charge in [-0.3, -0.25) is 0 Å². The van der Waals surface area contributed by atoms with Gasteiger partial charge in [-0.25, -0.2) is 8.42 Å². The zero-order valence-electron chi connectivity index (χ0n) is 16.7. The quantitative estimate of drug-likeness (QED) is 0.501. The number of aromatic nitrogens is 1. The van der Waals surface area contributed by atoms with Crippen LogP contribution in [0.2, 0.25) is 0 Å². The SMILES string of the molecule is Cc1cccc(C(N)c2oc(-c3ccccc3C)nc2S(=O)(=O)c2ccccc2)c1. The van der Waals surface area contributed by atoms with Crippen LogP contribution >= 0.6 is 0 Å². The van der Waals surface area contributed by atoms with E-state index in [1.807, 2.05) is 62.4 Å². The first-order valence-corrected chi connectivity index (χ1v) is 11.1. The van der Waals surface area contributed by atoms with E-state index in [0.717, 1.165) is 22.3 Å². The Morgan fingerprint density at radius 1 is 0.900 bits per heavy atom. The Hall–Kier alpha value is -3.22. The van der Waals surface area contributed by atoms with Gasteiger partial charge in [0, 0.05) is 5.56 Å². The van der Waals surface area contributed by atoms with Crippen LogP contribution in [0.3, 0.4) is 0 Å². The summed E-state index contributed by atoms with van der Waals surface area (Å²) in [6.07, 6.45) is 0. The molecule has 1 heterocycles. The number of hydrogen-bond acceptors (Lipinski definition) is 5. The predicted octanol–water partition coefficient (Wildman–Crippen LogP) is 4.84. The van der Waals surface area contributed by atoms with Crippen LogP contribution in [0, 0.1) is 13.8 Å². The second-order valence-corrected chi connectivity index (χ2v) is 9.08. The molecule has 0 amide bonds. The van der Waals surface area contributed by atoms with Crippen molar-refractivity contribution < 1.29 is 12.8 Å². The van der Waals surface area contributed by atoms with Gasteiger partial charge in [-0.1, -0.05) is 66.2 Å². The van der Waals surface area contributed by atoms with Crippen molar-refractivity contribution in [3.63, 3.8) is 0 Å². The first kappa shape index (κ1) is 20.1. The third-order valence-corrected chi connectivity index (χ3v) is 6.68. The molecule has 0 fully saturated rings. The molecule has 1 atom stereocenters. The van der Waals surface area contributed by atoms with Crippen LogP contribution in [0.4, 0.5) is 0 Å². The summed E-state index contributed by atoms with van der Waals surface area (Å²) in [7, 11) is -3.92. The molecule has 4 rings (SSSR count). The van der Waals surface area contributed by atoms with Crippen LogP contribution in [0.15, 0.2) is 93.2 Å². The topological polar surface area (TPSA) is 86.2 Å². The fraction of sp³-hybridized carbons (Fsp3) is 0.125. The third-order valence-electron chi connectivity index (χ3n) is 4.99. The van der Waals surface area contributed by atoms with Crippen molar-refractivity contribution >= 4 is 9.84 Å². The standard InChI is InChI=1S/C24H22N2O3S/c1-16-9-8-11-18(15-16)21(25)22-24(30(27,28)19-12-4-3-5-13-19)26-23(29-22)20-14-7-6-10-17(20)2/h3-15,21H,25H2,1-2H3. The lowest BCUT2D eigenvalue weighted by Crippen LogP contribution is -2.15. The van der Waals surface area contributed by atoms with E-state index in [0.29, 0.717) is 0 Å². The van der Waals surface area contributed by atoms with Crippen molar-refractivity contribution in [1.82, 2.24) is 4.98 Å². The lowest BCUT2D eigenvalue weighted by Gasteiger charge is -2.12. The Balaban J connectivity index is 1.93. The number of sulfone groups is 1. The zero-order chi connectivity index (χ0) is 21.3. The number of aryl methyl sites for hydroxylation is 2. The number of rotatable bonds is 5. The van der Waals surface area contributed by atoms with Gasteiger partial charge < -0.3 is 10.2 Å². The maximum absolute atomic E-state index is 13.4. The van der Waals surface area contributed by atoms with Gasteiger partial charge in [0.05, 0.1) is 10.9 Å². The molecule has 4 aromatic rings. The Labute approximate surface area is 176 Å². The minimum Gasteiger partial charge on any atom is -0.438 e. The Bertz CT molecular complexity index is 1300. The normalized spacial score (nSPS) is 12.6. The Morgan fingerprint density at radius 2 is 1.60 bits per heavy atom. The van der Waals surface area contributed by atoms with E-state index in [1.165, 1.54) is 0 Å². The Kier molecular flexibility index (Phi) is 5.28. The van der Waals surface area contributed by atoms with Crippen molar-refractivity contribution in [2.75, 3.05) is 0 Å². The molecule has 0 bridgehead atoms. The summed E-state index contributed by atoms with van der Waals surface area (Å²) in [5, 5.41) is -0.152. The van der Waals surface area contributed by atoms with E-state index in [-0.39, 0.29) is 21.6 Å². The fourth-order valence-corrected chi connectivity index (χ4v) is 4.74. The smallest absolute Gasteiger partial charge is 0.227 e. The molecule has 0 aliphatic carbocycles. The number of hydrogen-bond donors (Lipinski definition) is 1. The van der Waals surface area contributed by atoms with Gasteiger partial charge in [-0.2, -0.15) is 4.98 Å². The molecule has 2 N–H and O–H groups in total. The van der Waals surface area contributed by atoms with Crippen LogP contribution in [0.1, 0.15) is 28.5 Å². The van der Waals surface area contributed by atoms with E-state index in [1.54, 1.807) is 30.3 Å². The molecule has 0 aliphatic heterocycles. The average molecular weight is 419 g/mol. The maximum atomic E-state index is 13.4. The van der Waals surface area contributed by atoms with Gasteiger partial charge in [-0.05, 0) is 43.2 Å². The third kappa shape index (κ3) is 3.67. The van der Waals surface area contributed by atoms with Crippen LogP contribution in [0.5, 0.6) is 0 Å². The minimum atomic E-state index is -3.92. The lowest BCUT2D eigenvalue weighted by atomic mass is 10.0. The summed E-state index contributed by atoms with van der Waals surface area (Å²) < 4.78 is 32.8. The second-order valence-electron chi connectivity index (χ2n) is 7.21. The van der Waals surface area contributed by atoms with Gasteiger partial charge in [-0.15, -0.1) is 0 Å². The molecule has 0 radical (unpaired) electrons. The molecule has 1 unspecified atom stereocenters. The van der Waals surface area contributed by atoms with Crippen molar-refractivity contribution in [3.8, 4) is 11.5 Å². The van der Waals surface area contributed by atoms with Gasteiger partial charge in [0.2, 0.25) is 20.8 Å². The monoisotopic (exact) mass is 418 g/mol. The highest BCUT2D eigenvalue weighted by atomic mass is 32.2. The Morgan fingerprint density at radius 3 is 2.30 bits per heavy atom. The number of nitrogens with two attached hydrogens (primary N) is 1. The largest absolute Gasteiger partial charge is 0.438 e. The molecule has 1 aromatic heterocycles. The molecule has 0 aliphatic rings. The molecule has 6 heteroatoms. The van der Waals surface area contributed by atoms with Gasteiger partial charge >= 0.3 is 0 Å². The molecular formula is C24H22N2O3S. The predicted molar refractivity (Wildman–Crippen MR) is 116 cm³/mol.